The molecule has 0 bridgehead atoms. The number of aliphatic hydroxyl groups is 1. The molecule has 1 aliphatic heterocycles. The maximum absolute atomic E-state index is 12.6. The van der Waals surface area contributed by atoms with E-state index in [1.54, 1.807) is 6.07 Å². The van der Waals surface area contributed by atoms with E-state index < -0.39 is 26.7 Å². The molecule has 2 aromatic carbocycles. The number of aliphatic hydroxyl groups excluding tert-OH is 1. The highest BCUT2D eigenvalue weighted by Gasteiger charge is 2.26. The second-order valence-electron chi connectivity index (χ2n) is 4.88. The van der Waals surface area contributed by atoms with Crippen molar-refractivity contribution in [1.82, 2.24) is 0 Å². The van der Waals surface area contributed by atoms with E-state index in [0.29, 0.717) is 12.1 Å². The van der Waals surface area contributed by atoms with Crippen LogP contribution >= 0.6 is 0 Å². The molecule has 0 fully saturated rings. The van der Waals surface area contributed by atoms with Crippen LogP contribution in [0.1, 0.15) is 11.1 Å². The van der Waals surface area contributed by atoms with E-state index in [-0.39, 0.29) is 16.8 Å². The topological polar surface area (TPSA) is 90.2 Å². The van der Waals surface area contributed by atoms with E-state index in [9.17, 15) is 8.78 Å². The lowest BCUT2D eigenvalue weighted by molar-refractivity contribution is 0.275. The molecule has 5 nitrogen and oxygen atoms in total. The molecule has 1 aliphatic rings. The molecule has 0 saturated carbocycles. The van der Waals surface area contributed by atoms with Gasteiger partial charge in [0.25, 0.3) is 0 Å². The van der Waals surface area contributed by atoms with Crippen LogP contribution in [0.5, 0.6) is 0 Å². The number of hydrogen-bond donors (Lipinski definition) is 4. The van der Waals surface area contributed by atoms with Gasteiger partial charge in [-0.05, 0) is 46.3 Å². The van der Waals surface area contributed by atoms with E-state index in [1.165, 1.54) is 18.2 Å². The van der Waals surface area contributed by atoms with Gasteiger partial charge in [-0.15, -0.1) is 0 Å². The summed E-state index contributed by atoms with van der Waals surface area (Å²) in [5.74, 6) is -0.801. The molecular weight excluding hydrogens is 308 g/mol. The predicted octanol–water partition coefficient (Wildman–Crippen LogP) is -0.959. The summed E-state index contributed by atoms with van der Waals surface area (Å²) >= 11 is 0. The van der Waals surface area contributed by atoms with Crippen molar-refractivity contribution in [3.05, 3.63) is 59.2 Å². The molecule has 120 valence electrons. The molecule has 1 heterocycles. The summed E-state index contributed by atoms with van der Waals surface area (Å²) in [6.45, 7) is -0.112. The van der Waals surface area contributed by atoms with Gasteiger partial charge in [-0.25, -0.2) is 8.78 Å². The average Bonchev–Trinajstić information content (AvgIpc) is 2.88. The lowest BCUT2D eigenvalue weighted by Gasteiger charge is -2.05. The molecule has 0 atom stereocenters. The molecule has 0 saturated heterocycles. The zero-order valence-electron chi connectivity index (χ0n) is 12.0. The molecule has 2 aromatic rings. The smallest absolute Gasteiger partial charge is 0.423 e. The van der Waals surface area contributed by atoms with Gasteiger partial charge in [0, 0.05) is 0 Å². The van der Waals surface area contributed by atoms with Crippen LogP contribution in [-0.4, -0.2) is 34.4 Å². The fourth-order valence-corrected chi connectivity index (χ4v) is 2.16. The van der Waals surface area contributed by atoms with Crippen molar-refractivity contribution in [2.75, 3.05) is 0 Å². The third-order valence-corrected chi connectivity index (χ3v) is 3.32. The average molecular weight is 322 g/mol. The molecule has 23 heavy (non-hydrogen) atoms. The van der Waals surface area contributed by atoms with Crippen LogP contribution < -0.4 is 10.9 Å². The fraction of sp³-hybridized carbons (Fsp3) is 0.143. The minimum absolute atomic E-state index is 0.124. The van der Waals surface area contributed by atoms with E-state index >= 15 is 0 Å². The van der Waals surface area contributed by atoms with Gasteiger partial charge in [-0.1, -0.05) is 12.1 Å². The summed E-state index contributed by atoms with van der Waals surface area (Å²) in [5.41, 5.74) is 1.72. The Balaban J connectivity index is 0.000000167. The zero-order valence-corrected chi connectivity index (χ0v) is 12.0. The van der Waals surface area contributed by atoms with E-state index in [2.05, 4.69) is 0 Å². The monoisotopic (exact) mass is 322 g/mol. The normalized spacial score (nSPS) is 12.5. The van der Waals surface area contributed by atoms with Crippen LogP contribution in [0.2, 0.25) is 0 Å². The second kappa shape index (κ2) is 7.67. The lowest BCUT2D eigenvalue weighted by Crippen LogP contribution is -2.33. The van der Waals surface area contributed by atoms with Crippen LogP contribution in [0.3, 0.4) is 0 Å². The fourth-order valence-electron chi connectivity index (χ4n) is 2.16. The Hall–Kier alpha value is -1.77. The molecule has 9 heteroatoms. The van der Waals surface area contributed by atoms with Gasteiger partial charge >= 0.3 is 14.2 Å². The van der Waals surface area contributed by atoms with Crippen LogP contribution in [0, 0.1) is 11.6 Å². The Bertz CT molecular complexity index is 684. The van der Waals surface area contributed by atoms with Gasteiger partial charge in [0.1, 0.15) is 11.6 Å². The quantitative estimate of drug-likeness (QED) is 0.535. The molecule has 0 aliphatic carbocycles. The molecule has 0 aromatic heterocycles. The number of rotatable bonds is 2. The van der Waals surface area contributed by atoms with Crippen molar-refractivity contribution in [3.63, 3.8) is 0 Å². The van der Waals surface area contributed by atoms with E-state index in [4.69, 9.17) is 24.8 Å². The van der Waals surface area contributed by atoms with Gasteiger partial charge in [0.05, 0.1) is 13.2 Å². The first-order valence-corrected chi connectivity index (χ1v) is 6.75. The summed E-state index contributed by atoms with van der Waals surface area (Å²) in [4.78, 5) is 0. The van der Waals surface area contributed by atoms with Crippen LogP contribution in [0.4, 0.5) is 8.78 Å². The molecular formula is C14H14B2F2O5. The Kier molecular flexibility index (Phi) is 5.86. The van der Waals surface area contributed by atoms with Gasteiger partial charge in [-0.2, -0.15) is 0 Å². The summed E-state index contributed by atoms with van der Waals surface area (Å²) in [5, 5.41) is 35.3. The summed E-state index contributed by atoms with van der Waals surface area (Å²) in [7, 11) is -2.54. The minimum Gasteiger partial charge on any atom is -0.423 e. The van der Waals surface area contributed by atoms with Crippen molar-refractivity contribution >= 4 is 25.2 Å². The maximum atomic E-state index is 12.6. The number of halogens is 2. The second-order valence-corrected chi connectivity index (χ2v) is 4.88. The molecule has 0 spiro atoms. The molecule has 3 rings (SSSR count). The van der Waals surface area contributed by atoms with Gasteiger partial charge in [0.15, 0.2) is 0 Å². The van der Waals surface area contributed by atoms with Crippen molar-refractivity contribution in [1.29, 1.82) is 0 Å². The number of fused-ring (bicyclic) bond motifs is 1. The predicted molar refractivity (Wildman–Crippen MR) is 80.9 cm³/mol. The summed E-state index contributed by atoms with van der Waals surface area (Å²) in [6, 6.07) is 7.64. The Morgan fingerprint density at radius 2 is 1.74 bits per heavy atom. The first-order valence-electron chi connectivity index (χ1n) is 6.75. The van der Waals surface area contributed by atoms with Crippen molar-refractivity contribution in [2.24, 2.45) is 0 Å². The Labute approximate surface area is 132 Å². The highest BCUT2D eigenvalue weighted by atomic mass is 19.1. The molecule has 0 radical (unpaired) electrons. The Morgan fingerprint density at radius 1 is 1.09 bits per heavy atom. The van der Waals surface area contributed by atoms with E-state index in [1.807, 2.05) is 0 Å². The minimum atomic E-state index is -1.67. The lowest BCUT2D eigenvalue weighted by atomic mass is 9.77. The van der Waals surface area contributed by atoms with Gasteiger partial charge in [-0.3, -0.25) is 0 Å². The summed E-state index contributed by atoms with van der Waals surface area (Å²) in [6.07, 6.45) is 0. The zero-order chi connectivity index (χ0) is 17.0. The van der Waals surface area contributed by atoms with Gasteiger partial charge < -0.3 is 24.8 Å². The Morgan fingerprint density at radius 3 is 2.39 bits per heavy atom. The van der Waals surface area contributed by atoms with Crippen molar-refractivity contribution in [3.8, 4) is 0 Å². The van der Waals surface area contributed by atoms with E-state index in [0.717, 1.165) is 17.7 Å². The maximum Gasteiger partial charge on any atom is 0.491 e. The SMILES string of the molecule is OB1OCc2cc(F)ccc21.OCc1cc(F)ccc1B(O)O. The molecule has 0 unspecified atom stereocenters. The highest BCUT2D eigenvalue weighted by Crippen LogP contribution is 2.10. The van der Waals surface area contributed by atoms with Crippen molar-refractivity contribution in [2.45, 2.75) is 13.2 Å². The number of hydrogen-bond acceptors (Lipinski definition) is 5. The first kappa shape index (κ1) is 17.6. The van der Waals surface area contributed by atoms with Crippen LogP contribution in [-0.2, 0) is 17.9 Å². The first-order chi connectivity index (χ1) is 10.9. The summed E-state index contributed by atoms with van der Waals surface area (Å²) < 4.78 is 29.9. The largest absolute Gasteiger partial charge is 0.491 e. The molecule has 4 N–H and O–H groups in total. The van der Waals surface area contributed by atoms with Crippen molar-refractivity contribution < 1.29 is 33.6 Å². The standard InChI is InChI=1S/C7H8BFO3.C7H6BFO2/c9-6-1-2-7(8(11)12)5(3-6)4-10;9-6-1-2-7-5(3-6)4-11-8(7)10/h1-3,10-12H,4H2;1-3,10H,4H2. The third-order valence-electron chi connectivity index (χ3n) is 3.32. The third kappa shape index (κ3) is 4.37. The van der Waals surface area contributed by atoms with Crippen LogP contribution in [0.15, 0.2) is 36.4 Å². The van der Waals surface area contributed by atoms with Crippen LogP contribution in [0.25, 0.3) is 0 Å². The number of benzene rings is 2. The molecule has 0 amide bonds. The van der Waals surface area contributed by atoms with Gasteiger partial charge in [0.2, 0.25) is 0 Å². The highest BCUT2D eigenvalue weighted by molar-refractivity contribution is 6.61.